The first-order valence-electron chi connectivity index (χ1n) is 7.38. The smallest absolute Gasteiger partial charge is 0.194 e. The summed E-state index contributed by atoms with van der Waals surface area (Å²) in [5.41, 5.74) is -0.0827. The summed E-state index contributed by atoms with van der Waals surface area (Å²) in [7, 11) is 4.79. The van der Waals surface area contributed by atoms with Crippen LogP contribution in [0.15, 0.2) is 18.2 Å². The zero-order valence-corrected chi connectivity index (χ0v) is 13.3. The maximum absolute atomic E-state index is 12.9. The standard InChI is InChI=1S/C17H24O4/c1-12-6-5-9-17(11-12,21-4)16(18)13-7-8-14(19-2)15(10-13)20-3/h7-8,10,12H,5-6,9,11H2,1-4H3. The molecule has 1 aromatic rings. The Morgan fingerprint density at radius 2 is 1.90 bits per heavy atom. The number of benzene rings is 1. The number of Topliss-reactive ketones (excluding diaryl/α,β-unsaturated/α-hetero) is 1. The van der Waals surface area contributed by atoms with Gasteiger partial charge < -0.3 is 14.2 Å². The molecule has 0 radical (unpaired) electrons. The van der Waals surface area contributed by atoms with E-state index in [-0.39, 0.29) is 5.78 Å². The maximum atomic E-state index is 12.9. The van der Waals surface area contributed by atoms with Crippen LogP contribution in [0.1, 0.15) is 43.0 Å². The molecule has 4 nitrogen and oxygen atoms in total. The molecule has 0 bridgehead atoms. The molecule has 0 aliphatic heterocycles. The highest BCUT2D eigenvalue weighted by molar-refractivity contribution is 6.03. The number of hydrogen-bond acceptors (Lipinski definition) is 4. The molecule has 0 amide bonds. The lowest BCUT2D eigenvalue weighted by atomic mass is 9.75. The first-order chi connectivity index (χ1) is 10.1. The van der Waals surface area contributed by atoms with E-state index in [0.717, 1.165) is 25.7 Å². The molecule has 1 fully saturated rings. The van der Waals surface area contributed by atoms with E-state index in [1.165, 1.54) is 0 Å². The zero-order valence-electron chi connectivity index (χ0n) is 13.3. The number of ether oxygens (including phenoxy) is 3. The average molecular weight is 292 g/mol. The second-order valence-corrected chi connectivity index (χ2v) is 5.80. The van der Waals surface area contributed by atoms with Crippen molar-refractivity contribution < 1.29 is 19.0 Å². The molecule has 0 N–H and O–H groups in total. The Balaban J connectivity index is 2.33. The van der Waals surface area contributed by atoms with Crippen molar-refractivity contribution in [2.75, 3.05) is 21.3 Å². The molecule has 4 heteroatoms. The van der Waals surface area contributed by atoms with Crippen molar-refractivity contribution in [2.24, 2.45) is 5.92 Å². The summed E-state index contributed by atoms with van der Waals surface area (Å²) >= 11 is 0. The zero-order chi connectivity index (χ0) is 15.5. The van der Waals surface area contributed by atoms with Gasteiger partial charge in [0.1, 0.15) is 5.60 Å². The van der Waals surface area contributed by atoms with Gasteiger partial charge in [0.15, 0.2) is 17.3 Å². The molecule has 0 heterocycles. The number of hydrogen-bond donors (Lipinski definition) is 0. The van der Waals surface area contributed by atoms with Gasteiger partial charge in [-0.2, -0.15) is 0 Å². The molecule has 2 rings (SSSR count). The van der Waals surface area contributed by atoms with E-state index in [9.17, 15) is 4.79 Å². The van der Waals surface area contributed by atoms with Crippen molar-refractivity contribution in [1.29, 1.82) is 0 Å². The third-order valence-electron chi connectivity index (χ3n) is 4.41. The molecular formula is C17H24O4. The van der Waals surface area contributed by atoms with Crippen LogP contribution in [0.2, 0.25) is 0 Å². The molecule has 0 spiro atoms. The lowest BCUT2D eigenvalue weighted by Gasteiger charge is -2.37. The fourth-order valence-corrected chi connectivity index (χ4v) is 3.23. The molecule has 116 valence electrons. The monoisotopic (exact) mass is 292 g/mol. The first-order valence-corrected chi connectivity index (χ1v) is 7.38. The third kappa shape index (κ3) is 3.05. The van der Waals surface area contributed by atoms with E-state index in [4.69, 9.17) is 14.2 Å². The van der Waals surface area contributed by atoms with Gasteiger partial charge in [0.05, 0.1) is 14.2 Å². The lowest BCUT2D eigenvalue weighted by Crippen LogP contribution is -2.44. The Hall–Kier alpha value is -1.55. The largest absolute Gasteiger partial charge is 0.493 e. The molecule has 1 saturated carbocycles. The number of methoxy groups -OCH3 is 3. The summed E-state index contributed by atoms with van der Waals surface area (Å²) in [5.74, 6) is 1.73. The number of carbonyl (C=O) groups is 1. The summed E-state index contributed by atoms with van der Waals surface area (Å²) in [6.45, 7) is 2.18. The number of rotatable bonds is 5. The Morgan fingerprint density at radius 3 is 2.48 bits per heavy atom. The Kier molecular flexibility index (Phi) is 4.88. The van der Waals surface area contributed by atoms with Gasteiger partial charge in [0, 0.05) is 12.7 Å². The highest BCUT2D eigenvalue weighted by Crippen LogP contribution is 2.38. The quantitative estimate of drug-likeness (QED) is 0.779. The minimum Gasteiger partial charge on any atom is -0.493 e. The van der Waals surface area contributed by atoms with Gasteiger partial charge >= 0.3 is 0 Å². The fourth-order valence-electron chi connectivity index (χ4n) is 3.23. The predicted molar refractivity (Wildman–Crippen MR) is 81.2 cm³/mol. The lowest BCUT2D eigenvalue weighted by molar-refractivity contribution is -0.0302. The summed E-state index contributed by atoms with van der Waals surface area (Å²) in [6, 6.07) is 5.28. The maximum Gasteiger partial charge on any atom is 0.194 e. The van der Waals surface area contributed by atoms with Gasteiger partial charge in [0.2, 0.25) is 0 Å². The summed E-state index contributed by atoms with van der Waals surface area (Å²) < 4.78 is 16.2. The predicted octanol–water partition coefficient (Wildman–Crippen LogP) is 3.48. The van der Waals surface area contributed by atoms with Crippen molar-refractivity contribution in [3.8, 4) is 11.5 Å². The van der Waals surface area contributed by atoms with Crippen molar-refractivity contribution in [2.45, 2.75) is 38.2 Å². The van der Waals surface area contributed by atoms with Crippen LogP contribution in [0.25, 0.3) is 0 Å². The molecule has 0 aromatic heterocycles. The van der Waals surface area contributed by atoms with Gasteiger partial charge in [-0.05, 0) is 43.4 Å². The third-order valence-corrected chi connectivity index (χ3v) is 4.41. The molecule has 0 saturated heterocycles. The van der Waals surface area contributed by atoms with E-state index < -0.39 is 5.60 Å². The van der Waals surface area contributed by atoms with E-state index in [2.05, 4.69) is 6.92 Å². The second kappa shape index (κ2) is 6.48. The van der Waals surface area contributed by atoms with Crippen LogP contribution in [0.4, 0.5) is 0 Å². The molecule has 1 aromatic carbocycles. The van der Waals surface area contributed by atoms with Crippen LogP contribution in [0.5, 0.6) is 11.5 Å². The summed E-state index contributed by atoms with van der Waals surface area (Å²) in [6.07, 6.45) is 3.73. The SMILES string of the molecule is COc1ccc(C(=O)C2(OC)CCCC(C)C2)cc1OC. The Labute approximate surface area is 126 Å². The van der Waals surface area contributed by atoms with Crippen LogP contribution in [-0.2, 0) is 4.74 Å². The molecule has 2 atom stereocenters. The topological polar surface area (TPSA) is 44.8 Å². The molecular weight excluding hydrogens is 268 g/mol. The highest BCUT2D eigenvalue weighted by Gasteiger charge is 2.42. The van der Waals surface area contributed by atoms with Crippen molar-refractivity contribution in [3.63, 3.8) is 0 Å². The minimum atomic E-state index is -0.697. The van der Waals surface area contributed by atoms with Crippen LogP contribution < -0.4 is 9.47 Å². The first kappa shape index (κ1) is 15.8. The average Bonchev–Trinajstić information content (AvgIpc) is 2.53. The number of ketones is 1. The molecule has 21 heavy (non-hydrogen) atoms. The van der Waals surface area contributed by atoms with E-state index >= 15 is 0 Å². The second-order valence-electron chi connectivity index (χ2n) is 5.80. The van der Waals surface area contributed by atoms with Gasteiger partial charge in [-0.15, -0.1) is 0 Å². The molecule has 1 aliphatic rings. The minimum absolute atomic E-state index is 0.0394. The summed E-state index contributed by atoms with van der Waals surface area (Å²) in [4.78, 5) is 12.9. The van der Waals surface area contributed by atoms with E-state index in [0.29, 0.717) is 23.0 Å². The van der Waals surface area contributed by atoms with Gasteiger partial charge in [-0.25, -0.2) is 0 Å². The van der Waals surface area contributed by atoms with E-state index in [1.54, 1.807) is 39.5 Å². The van der Waals surface area contributed by atoms with Gasteiger partial charge in [-0.1, -0.05) is 13.3 Å². The van der Waals surface area contributed by atoms with Crippen LogP contribution in [0, 0.1) is 5.92 Å². The summed E-state index contributed by atoms with van der Waals surface area (Å²) in [5, 5.41) is 0. The fraction of sp³-hybridized carbons (Fsp3) is 0.588. The highest BCUT2D eigenvalue weighted by atomic mass is 16.5. The number of carbonyl (C=O) groups excluding carboxylic acids is 1. The van der Waals surface area contributed by atoms with Crippen LogP contribution >= 0.6 is 0 Å². The van der Waals surface area contributed by atoms with Crippen molar-refractivity contribution >= 4 is 5.78 Å². The van der Waals surface area contributed by atoms with Crippen molar-refractivity contribution in [1.82, 2.24) is 0 Å². The van der Waals surface area contributed by atoms with Crippen LogP contribution in [0.3, 0.4) is 0 Å². The Bertz CT molecular complexity index is 512. The van der Waals surface area contributed by atoms with Crippen LogP contribution in [-0.4, -0.2) is 32.7 Å². The van der Waals surface area contributed by atoms with E-state index in [1.807, 2.05) is 0 Å². The van der Waals surface area contributed by atoms with Crippen molar-refractivity contribution in [3.05, 3.63) is 23.8 Å². The Morgan fingerprint density at radius 1 is 1.19 bits per heavy atom. The molecule has 1 aliphatic carbocycles. The molecule has 2 unspecified atom stereocenters. The normalized spacial score (nSPS) is 25.4. The van der Waals surface area contributed by atoms with Gasteiger partial charge in [-0.3, -0.25) is 4.79 Å². The van der Waals surface area contributed by atoms with Gasteiger partial charge in [0.25, 0.3) is 0 Å².